The Morgan fingerprint density at radius 2 is 1.81 bits per heavy atom. The van der Waals surface area contributed by atoms with E-state index in [1.807, 2.05) is 52.0 Å². The van der Waals surface area contributed by atoms with Gasteiger partial charge in [-0.25, -0.2) is 9.97 Å². The molecule has 0 radical (unpaired) electrons. The predicted molar refractivity (Wildman–Crippen MR) is 120 cm³/mol. The fraction of sp³-hybridized carbons (Fsp3) is 0.364. The summed E-state index contributed by atoms with van der Waals surface area (Å²) in [6, 6.07) is 7.68. The molecule has 3 heterocycles. The van der Waals surface area contributed by atoms with Crippen LogP contribution in [-0.4, -0.2) is 45.1 Å². The Kier molecular flexibility index (Phi) is 5.62. The fourth-order valence-electron chi connectivity index (χ4n) is 3.82. The van der Waals surface area contributed by atoms with Gasteiger partial charge in [0.05, 0.1) is 30.4 Å². The van der Waals surface area contributed by atoms with Crippen LogP contribution in [0.3, 0.4) is 0 Å². The molecule has 0 saturated carbocycles. The molecular weight excluding hydrogens is 414 g/mol. The number of thioether (sulfide) groups is 1. The summed E-state index contributed by atoms with van der Waals surface area (Å²) in [5.74, 6) is 2.20. The van der Waals surface area contributed by atoms with E-state index >= 15 is 0 Å². The second-order valence-corrected chi connectivity index (χ2v) is 8.89. The molecule has 0 fully saturated rings. The van der Waals surface area contributed by atoms with Gasteiger partial charge in [-0.3, -0.25) is 4.79 Å². The Morgan fingerprint density at radius 3 is 2.45 bits per heavy atom. The summed E-state index contributed by atoms with van der Waals surface area (Å²) in [4.78, 5) is 22.0. The van der Waals surface area contributed by atoms with Crippen LogP contribution < -0.4 is 14.8 Å². The highest BCUT2D eigenvalue weighted by Crippen LogP contribution is 2.50. The highest BCUT2D eigenvalue weighted by molar-refractivity contribution is 8.01. The summed E-state index contributed by atoms with van der Waals surface area (Å²) in [5, 5.41) is 7.27. The first-order valence-corrected chi connectivity index (χ1v) is 10.9. The molecule has 4 rings (SSSR count). The summed E-state index contributed by atoms with van der Waals surface area (Å²) in [6.07, 6.45) is 0. The van der Waals surface area contributed by atoms with Gasteiger partial charge in [-0.15, -0.1) is 11.8 Å². The zero-order chi connectivity index (χ0) is 22.3. The van der Waals surface area contributed by atoms with Crippen LogP contribution in [0, 0.1) is 20.8 Å². The lowest BCUT2D eigenvalue weighted by molar-refractivity contribution is -0.115. The van der Waals surface area contributed by atoms with Crippen molar-refractivity contribution in [2.75, 3.05) is 19.5 Å². The van der Waals surface area contributed by atoms with Gasteiger partial charge in [-0.05, 0) is 39.8 Å². The van der Waals surface area contributed by atoms with Crippen LogP contribution in [0.15, 0.2) is 24.3 Å². The third-order valence-electron chi connectivity index (χ3n) is 5.20. The molecule has 1 aromatic carbocycles. The number of methoxy groups -OCH3 is 2. The van der Waals surface area contributed by atoms with Crippen LogP contribution in [0.25, 0.3) is 5.95 Å². The lowest BCUT2D eigenvalue weighted by Gasteiger charge is -2.21. The molecule has 8 nitrogen and oxygen atoms in total. The standard InChI is InChI=1S/C22H25N5O3S/c1-11-10-12(2)24-22(23-11)27-20-17(13(3)26-27)19(31-14(4)21(28)25-20)15-8-7-9-16(29-5)18(15)30-6/h7-10,14,19H,1-6H3,(H,25,28). The third kappa shape index (κ3) is 3.74. The van der Waals surface area contributed by atoms with Crippen LogP contribution >= 0.6 is 11.8 Å². The van der Waals surface area contributed by atoms with E-state index in [9.17, 15) is 4.79 Å². The number of ether oxygens (including phenoxy) is 2. The van der Waals surface area contributed by atoms with E-state index in [0.29, 0.717) is 23.3 Å². The molecule has 0 aliphatic carbocycles. The number of aromatic nitrogens is 4. The lowest BCUT2D eigenvalue weighted by atomic mass is 10.0. The zero-order valence-electron chi connectivity index (χ0n) is 18.4. The van der Waals surface area contributed by atoms with Gasteiger partial charge in [0.25, 0.3) is 5.95 Å². The molecule has 162 valence electrons. The topological polar surface area (TPSA) is 91.2 Å². The van der Waals surface area contributed by atoms with Crippen LogP contribution in [-0.2, 0) is 4.79 Å². The molecule has 2 aromatic heterocycles. The maximum Gasteiger partial charge on any atom is 0.252 e. The molecule has 0 saturated heterocycles. The molecule has 9 heteroatoms. The van der Waals surface area contributed by atoms with E-state index in [0.717, 1.165) is 28.2 Å². The number of aryl methyl sites for hydroxylation is 3. The number of hydrogen-bond acceptors (Lipinski definition) is 7. The minimum atomic E-state index is -0.290. The van der Waals surface area contributed by atoms with Gasteiger partial charge >= 0.3 is 0 Å². The second kappa shape index (κ2) is 8.22. The van der Waals surface area contributed by atoms with Crippen LogP contribution in [0.4, 0.5) is 5.82 Å². The maximum atomic E-state index is 12.9. The summed E-state index contributed by atoms with van der Waals surface area (Å²) in [7, 11) is 3.23. The van der Waals surface area contributed by atoms with Gasteiger partial charge < -0.3 is 14.8 Å². The Labute approximate surface area is 185 Å². The van der Waals surface area contributed by atoms with Crippen molar-refractivity contribution < 1.29 is 14.3 Å². The van der Waals surface area contributed by atoms with Crippen molar-refractivity contribution in [1.82, 2.24) is 19.7 Å². The van der Waals surface area contributed by atoms with Crippen molar-refractivity contribution in [3.63, 3.8) is 0 Å². The van der Waals surface area contributed by atoms with Crippen LogP contribution in [0.5, 0.6) is 11.5 Å². The first-order chi connectivity index (χ1) is 14.8. The van der Waals surface area contributed by atoms with E-state index in [1.54, 1.807) is 30.7 Å². The summed E-state index contributed by atoms with van der Waals surface area (Å²) in [6.45, 7) is 7.65. The lowest BCUT2D eigenvalue weighted by Crippen LogP contribution is -2.23. The average molecular weight is 440 g/mol. The van der Waals surface area contributed by atoms with Crippen molar-refractivity contribution in [2.45, 2.75) is 38.2 Å². The number of fused-ring (bicyclic) bond motifs is 1. The van der Waals surface area contributed by atoms with Crippen molar-refractivity contribution in [3.05, 3.63) is 52.5 Å². The number of hydrogen-bond donors (Lipinski definition) is 1. The monoisotopic (exact) mass is 439 g/mol. The Hall–Kier alpha value is -3.07. The highest BCUT2D eigenvalue weighted by atomic mass is 32.2. The number of nitrogens with one attached hydrogen (secondary N) is 1. The molecule has 31 heavy (non-hydrogen) atoms. The maximum absolute atomic E-state index is 12.9. The molecular formula is C22H25N5O3S. The summed E-state index contributed by atoms with van der Waals surface area (Å²) in [5.41, 5.74) is 4.27. The van der Waals surface area contributed by atoms with E-state index < -0.39 is 0 Å². The second-order valence-electron chi connectivity index (χ2n) is 7.44. The Morgan fingerprint density at radius 1 is 1.10 bits per heavy atom. The minimum absolute atomic E-state index is 0.0962. The zero-order valence-corrected chi connectivity index (χ0v) is 19.2. The molecule has 0 bridgehead atoms. The highest BCUT2D eigenvalue weighted by Gasteiger charge is 2.36. The Bertz CT molecular complexity index is 1140. The van der Waals surface area contributed by atoms with Gasteiger partial charge in [0, 0.05) is 22.5 Å². The molecule has 2 atom stereocenters. The van der Waals surface area contributed by atoms with Gasteiger partial charge in [-0.1, -0.05) is 12.1 Å². The predicted octanol–water partition coefficient (Wildman–Crippen LogP) is 3.77. The van der Waals surface area contributed by atoms with Gasteiger partial charge in [0.15, 0.2) is 11.5 Å². The largest absolute Gasteiger partial charge is 0.493 e. The number of nitrogens with zero attached hydrogens (tertiary/aromatic N) is 4. The van der Waals surface area contributed by atoms with Gasteiger partial charge in [0.2, 0.25) is 5.91 Å². The summed E-state index contributed by atoms with van der Waals surface area (Å²) < 4.78 is 12.8. The van der Waals surface area contributed by atoms with Gasteiger partial charge in [-0.2, -0.15) is 9.78 Å². The average Bonchev–Trinajstić information content (AvgIpc) is 2.98. The number of carbonyl (C=O) groups is 1. The number of anilines is 1. The summed E-state index contributed by atoms with van der Waals surface area (Å²) >= 11 is 1.55. The van der Waals surface area contributed by atoms with Crippen molar-refractivity contribution >= 4 is 23.5 Å². The van der Waals surface area contributed by atoms with E-state index in [-0.39, 0.29) is 16.4 Å². The quantitative estimate of drug-likeness (QED) is 0.662. The normalized spacial score (nSPS) is 18.2. The third-order valence-corrected chi connectivity index (χ3v) is 6.58. The SMILES string of the molecule is COc1cccc(C2SC(C)C(=O)Nc3c2c(C)nn3-c2nc(C)cc(C)n2)c1OC. The molecule has 1 amide bonds. The molecule has 1 aliphatic rings. The first kappa shape index (κ1) is 21.2. The number of para-hydroxylation sites is 1. The molecule has 1 N–H and O–H groups in total. The van der Waals surface area contributed by atoms with Crippen LogP contribution in [0.1, 0.15) is 40.4 Å². The number of benzene rings is 1. The number of carbonyl (C=O) groups excluding carboxylic acids is 1. The molecule has 2 unspecified atom stereocenters. The Balaban J connectivity index is 1.96. The van der Waals surface area contributed by atoms with Crippen LogP contribution in [0.2, 0.25) is 0 Å². The van der Waals surface area contributed by atoms with E-state index in [1.165, 1.54) is 0 Å². The van der Waals surface area contributed by atoms with Gasteiger partial charge in [0.1, 0.15) is 5.82 Å². The van der Waals surface area contributed by atoms with E-state index in [2.05, 4.69) is 15.3 Å². The smallest absolute Gasteiger partial charge is 0.252 e. The fourth-order valence-corrected chi connectivity index (χ4v) is 5.16. The minimum Gasteiger partial charge on any atom is -0.493 e. The number of amides is 1. The van der Waals surface area contributed by atoms with E-state index in [4.69, 9.17) is 14.6 Å². The van der Waals surface area contributed by atoms with Crippen molar-refractivity contribution in [1.29, 1.82) is 0 Å². The van der Waals surface area contributed by atoms with Crippen molar-refractivity contribution in [2.24, 2.45) is 0 Å². The first-order valence-electron chi connectivity index (χ1n) is 9.93. The molecule has 3 aromatic rings. The number of rotatable bonds is 4. The molecule has 1 aliphatic heterocycles. The van der Waals surface area contributed by atoms with Crippen molar-refractivity contribution in [3.8, 4) is 17.4 Å². The molecule has 0 spiro atoms.